The van der Waals surface area contributed by atoms with Crippen LogP contribution in [0.15, 0.2) is 27.6 Å². The molecular weight excluding hydrogens is 284 g/mol. The summed E-state index contributed by atoms with van der Waals surface area (Å²) in [6.07, 6.45) is 1.09. The molecule has 0 aliphatic carbocycles. The number of anilines is 1. The summed E-state index contributed by atoms with van der Waals surface area (Å²) in [4.78, 5) is 0.0353. The van der Waals surface area contributed by atoms with Crippen LogP contribution in [0.3, 0.4) is 0 Å². The Kier molecular flexibility index (Phi) is 3.58. The first-order valence-electron chi connectivity index (χ1n) is 5.55. The summed E-state index contributed by atoms with van der Waals surface area (Å²) in [5, 5.41) is 3.58. The Balaban J connectivity index is 2.71. The monoisotopic (exact) mass is 298 g/mol. The Labute approximate surface area is 116 Å². The first-order chi connectivity index (χ1) is 9.36. The average molecular weight is 298 g/mol. The van der Waals surface area contributed by atoms with Crippen molar-refractivity contribution in [2.75, 3.05) is 26.2 Å². The number of nitrogens with zero attached hydrogens (tertiary/aromatic N) is 1. The highest BCUT2D eigenvalue weighted by Crippen LogP contribution is 2.38. The summed E-state index contributed by atoms with van der Waals surface area (Å²) in [5.41, 5.74) is 6.01. The summed E-state index contributed by atoms with van der Waals surface area (Å²) < 4.78 is 38.8. The molecule has 20 heavy (non-hydrogen) atoms. The van der Waals surface area contributed by atoms with Crippen LogP contribution < -0.4 is 15.2 Å². The molecule has 2 rings (SSSR count). The molecule has 1 heterocycles. The molecule has 108 valence electrons. The van der Waals surface area contributed by atoms with E-state index in [4.69, 9.17) is 19.7 Å². The van der Waals surface area contributed by atoms with E-state index in [0.29, 0.717) is 17.1 Å². The summed E-state index contributed by atoms with van der Waals surface area (Å²) in [6, 6.07) is 4.40. The van der Waals surface area contributed by atoms with E-state index in [9.17, 15) is 8.42 Å². The van der Waals surface area contributed by atoms with Gasteiger partial charge in [0, 0.05) is 18.4 Å². The van der Waals surface area contributed by atoms with Gasteiger partial charge in [-0.15, -0.1) is 0 Å². The highest BCUT2D eigenvalue weighted by molar-refractivity contribution is 7.90. The third-order valence-corrected chi connectivity index (χ3v) is 3.80. The van der Waals surface area contributed by atoms with Crippen molar-refractivity contribution in [1.29, 1.82) is 0 Å². The Morgan fingerprint density at radius 3 is 2.25 bits per heavy atom. The maximum atomic E-state index is 11.7. The minimum Gasteiger partial charge on any atom is -0.496 e. The minimum atomic E-state index is -3.45. The molecule has 0 aliphatic rings. The van der Waals surface area contributed by atoms with Gasteiger partial charge in [0.05, 0.1) is 19.8 Å². The fourth-order valence-corrected chi connectivity index (χ4v) is 2.60. The zero-order chi connectivity index (χ0) is 14.9. The van der Waals surface area contributed by atoms with E-state index in [0.717, 1.165) is 6.26 Å². The minimum absolute atomic E-state index is 0.0353. The number of nitrogens with two attached hydrogens (primary N) is 1. The standard InChI is InChI=1S/C12H14N2O5S/c1-17-8-5-11(20(3,15)16)10(18-2)4-7(8)9-6-12(13)14-19-9/h4-6H,1-3H3,(H2,13,14). The van der Waals surface area contributed by atoms with Gasteiger partial charge in [0.1, 0.15) is 16.4 Å². The summed E-state index contributed by atoms with van der Waals surface area (Å²) in [7, 11) is -0.636. The average Bonchev–Trinajstić information content (AvgIpc) is 2.82. The lowest BCUT2D eigenvalue weighted by Gasteiger charge is -2.12. The second-order valence-corrected chi connectivity index (χ2v) is 6.08. The molecule has 0 aliphatic heterocycles. The molecule has 0 saturated carbocycles. The van der Waals surface area contributed by atoms with Gasteiger partial charge in [-0.3, -0.25) is 0 Å². The van der Waals surface area contributed by atoms with Crippen LogP contribution in [-0.4, -0.2) is 34.0 Å². The molecule has 0 saturated heterocycles. The highest BCUT2D eigenvalue weighted by atomic mass is 32.2. The van der Waals surface area contributed by atoms with Gasteiger partial charge in [-0.05, 0) is 6.07 Å². The van der Waals surface area contributed by atoms with E-state index in [1.807, 2.05) is 0 Å². The van der Waals surface area contributed by atoms with Crippen molar-refractivity contribution in [2.24, 2.45) is 0 Å². The molecule has 0 atom stereocenters. The molecule has 0 unspecified atom stereocenters. The van der Waals surface area contributed by atoms with Crippen molar-refractivity contribution in [3.63, 3.8) is 0 Å². The van der Waals surface area contributed by atoms with Gasteiger partial charge >= 0.3 is 0 Å². The number of rotatable bonds is 4. The van der Waals surface area contributed by atoms with E-state index < -0.39 is 9.84 Å². The molecule has 2 N–H and O–H groups in total. The van der Waals surface area contributed by atoms with Crippen molar-refractivity contribution in [2.45, 2.75) is 4.90 Å². The van der Waals surface area contributed by atoms with E-state index in [1.165, 1.54) is 32.4 Å². The Bertz CT molecular complexity index is 736. The summed E-state index contributed by atoms with van der Waals surface area (Å²) >= 11 is 0. The predicted octanol–water partition coefficient (Wildman–Crippen LogP) is 1.34. The lowest BCUT2D eigenvalue weighted by molar-refractivity contribution is 0.389. The van der Waals surface area contributed by atoms with E-state index >= 15 is 0 Å². The van der Waals surface area contributed by atoms with Gasteiger partial charge in [-0.25, -0.2) is 8.42 Å². The van der Waals surface area contributed by atoms with Gasteiger partial charge in [0.2, 0.25) is 0 Å². The molecular formula is C12H14N2O5S. The van der Waals surface area contributed by atoms with Gasteiger partial charge < -0.3 is 19.7 Å². The van der Waals surface area contributed by atoms with Gasteiger partial charge in [0.15, 0.2) is 21.4 Å². The van der Waals surface area contributed by atoms with Crippen LogP contribution in [0.5, 0.6) is 11.5 Å². The lowest BCUT2D eigenvalue weighted by atomic mass is 10.1. The second kappa shape index (κ2) is 5.04. The normalized spacial score (nSPS) is 11.3. The number of nitrogen functional groups attached to an aromatic ring is 1. The van der Waals surface area contributed by atoms with Gasteiger partial charge in [0.25, 0.3) is 0 Å². The van der Waals surface area contributed by atoms with E-state index in [2.05, 4.69) is 5.16 Å². The van der Waals surface area contributed by atoms with Gasteiger partial charge in [-0.1, -0.05) is 5.16 Å². The SMILES string of the molecule is COc1cc(S(C)(=O)=O)c(OC)cc1-c1cc(N)no1. The predicted molar refractivity (Wildman–Crippen MR) is 72.6 cm³/mol. The number of methoxy groups -OCH3 is 2. The van der Waals surface area contributed by atoms with Gasteiger partial charge in [-0.2, -0.15) is 0 Å². The molecule has 1 aromatic heterocycles. The molecule has 0 fully saturated rings. The molecule has 0 spiro atoms. The molecule has 1 aromatic carbocycles. The first kappa shape index (κ1) is 14.2. The quantitative estimate of drug-likeness (QED) is 0.908. The maximum Gasteiger partial charge on any atom is 0.179 e. The first-order valence-corrected chi connectivity index (χ1v) is 7.44. The zero-order valence-electron chi connectivity index (χ0n) is 11.2. The van der Waals surface area contributed by atoms with Crippen molar-refractivity contribution in [1.82, 2.24) is 5.16 Å². The Morgan fingerprint density at radius 2 is 1.80 bits per heavy atom. The number of ether oxygens (including phenoxy) is 2. The highest BCUT2D eigenvalue weighted by Gasteiger charge is 2.21. The summed E-state index contributed by atoms with van der Waals surface area (Å²) in [6.45, 7) is 0. The Hall–Kier alpha value is -2.22. The molecule has 7 nitrogen and oxygen atoms in total. The van der Waals surface area contributed by atoms with Crippen molar-refractivity contribution >= 4 is 15.7 Å². The van der Waals surface area contributed by atoms with Crippen LogP contribution in [-0.2, 0) is 9.84 Å². The molecule has 8 heteroatoms. The third-order valence-electron chi connectivity index (χ3n) is 2.68. The van der Waals surface area contributed by atoms with E-state index in [1.54, 1.807) is 0 Å². The summed E-state index contributed by atoms with van der Waals surface area (Å²) in [5.74, 6) is 1.09. The largest absolute Gasteiger partial charge is 0.496 e. The maximum absolute atomic E-state index is 11.7. The van der Waals surface area contributed by atoms with Crippen molar-refractivity contribution in [3.8, 4) is 22.8 Å². The number of sulfone groups is 1. The fraction of sp³-hybridized carbons (Fsp3) is 0.250. The topological polar surface area (TPSA) is 105 Å². The number of hydrogen-bond donors (Lipinski definition) is 1. The second-order valence-electron chi connectivity index (χ2n) is 4.09. The fourth-order valence-electron chi connectivity index (χ4n) is 1.77. The number of benzene rings is 1. The van der Waals surface area contributed by atoms with Crippen molar-refractivity contribution in [3.05, 3.63) is 18.2 Å². The Morgan fingerprint density at radius 1 is 1.15 bits per heavy atom. The third kappa shape index (κ3) is 2.55. The lowest BCUT2D eigenvalue weighted by Crippen LogP contribution is -2.02. The molecule has 0 amide bonds. The molecule has 0 bridgehead atoms. The van der Waals surface area contributed by atoms with Crippen molar-refractivity contribution < 1.29 is 22.4 Å². The number of aromatic nitrogens is 1. The van der Waals surface area contributed by atoms with Crippen LogP contribution in [0.1, 0.15) is 0 Å². The number of hydrogen-bond acceptors (Lipinski definition) is 7. The zero-order valence-corrected chi connectivity index (χ0v) is 12.0. The van der Waals surface area contributed by atoms with Crippen LogP contribution in [0.4, 0.5) is 5.82 Å². The van der Waals surface area contributed by atoms with E-state index in [-0.39, 0.29) is 16.5 Å². The molecule has 0 radical (unpaired) electrons. The van der Waals surface area contributed by atoms with Crippen LogP contribution in [0.2, 0.25) is 0 Å². The molecule has 2 aromatic rings. The smallest absolute Gasteiger partial charge is 0.179 e. The van der Waals surface area contributed by atoms with Crippen LogP contribution in [0.25, 0.3) is 11.3 Å². The van der Waals surface area contributed by atoms with Crippen LogP contribution >= 0.6 is 0 Å². The van der Waals surface area contributed by atoms with Crippen LogP contribution in [0, 0.1) is 0 Å².